The molecule has 1 radical (unpaired) electrons. The van der Waals surface area contributed by atoms with Crippen molar-refractivity contribution in [2.75, 3.05) is 0 Å². The van der Waals surface area contributed by atoms with E-state index in [1.165, 1.54) is 65.7 Å². The van der Waals surface area contributed by atoms with Crippen LogP contribution in [0.25, 0.3) is 99.4 Å². The molecule has 0 fully saturated rings. The van der Waals surface area contributed by atoms with Crippen LogP contribution in [-0.4, -0.2) is 23.5 Å². The van der Waals surface area contributed by atoms with E-state index in [2.05, 4.69) is 182 Å². The molecule has 4 heterocycles. The number of nitrogens with zero attached hydrogens (tertiary/aromatic N) is 5. The number of hydrogen-bond donors (Lipinski definition) is 0. The van der Waals surface area contributed by atoms with E-state index in [9.17, 15) is 0 Å². The predicted octanol–water partition coefficient (Wildman–Crippen LogP) is 14.1. The van der Waals surface area contributed by atoms with E-state index in [4.69, 9.17) is 9.97 Å². The summed E-state index contributed by atoms with van der Waals surface area (Å²) in [5, 5.41) is 7.69. The van der Waals surface area contributed by atoms with Crippen LogP contribution in [0, 0.1) is 12.1 Å². The summed E-state index contributed by atoms with van der Waals surface area (Å²) in [4.78, 5) is 9.96. The van der Waals surface area contributed by atoms with E-state index in [1.807, 2.05) is 36.4 Å². The largest absolute Gasteiger partial charge is 0.366 e. The van der Waals surface area contributed by atoms with E-state index < -0.39 is 0 Å². The van der Waals surface area contributed by atoms with Crippen molar-refractivity contribution in [3.05, 3.63) is 181 Å². The first kappa shape index (κ1) is 38.6. The molecule has 0 aliphatic heterocycles. The summed E-state index contributed by atoms with van der Waals surface area (Å²) in [6.45, 7) is 9.04. The van der Waals surface area contributed by atoms with Crippen LogP contribution in [-0.2, 0) is 27.2 Å². The van der Waals surface area contributed by atoms with Gasteiger partial charge in [-0.15, -0.1) is 71.8 Å². The van der Waals surface area contributed by atoms with Crippen LogP contribution in [0.1, 0.15) is 50.7 Å². The third-order valence-electron chi connectivity index (χ3n) is 12.2. The molecule has 299 valence electrons. The summed E-state index contributed by atoms with van der Waals surface area (Å²) < 4.78 is 6.99. The van der Waals surface area contributed by atoms with Gasteiger partial charge in [0.25, 0.3) is 0 Å². The Balaban J connectivity index is 0.000000147. The first-order chi connectivity index (χ1) is 29.4. The Morgan fingerprint density at radius 1 is 0.475 bits per heavy atom. The first-order valence-electron chi connectivity index (χ1n) is 20.9. The molecule has 0 N–H and O–H groups in total. The standard InChI is InChI=1S/C30H18N3.C25H25N2.Ir/c1-32-29-23-17-27-24(16-19(23)14-15-25(29)31-30(32)18-8-3-2-4-9-18)22-12-7-11-21-20-10-5-6-13-26(20)33(27)28(21)22;1-17(2)20-13-10-14-21(18(3)4)24(20)27-23-16-9-8-15-22(23)26-25(27)19-11-6-5-7-12-19;/h2-8,10-17H,1H3;5-11,13-18H,1-4H3;/q2*-1;. The van der Waals surface area contributed by atoms with Crippen molar-refractivity contribution in [3.8, 4) is 28.5 Å². The van der Waals surface area contributed by atoms with Crippen molar-refractivity contribution in [1.82, 2.24) is 23.5 Å². The second-order valence-electron chi connectivity index (χ2n) is 16.5. The van der Waals surface area contributed by atoms with Gasteiger partial charge in [0.1, 0.15) is 0 Å². The molecule has 0 amide bonds. The zero-order chi connectivity index (χ0) is 40.6. The van der Waals surface area contributed by atoms with Crippen LogP contribution in [0.3, 0.4) is 0 Å². The van der Waals surface area contributed by atoms with E-state index in [1.54, 1.807) is 0 Å². The molecule has 0 saturated carbocycles. The van der Waals surface area contributed by atoms with Gasteiger partial charge in [0.05, 0.1) is 50.3 Å². The first-order valence-corrected chi connectivity index (χ1v) is 20.9. The fourth-order valence-corrected chi connectivity index (χ4v) is 9.47. The molecule has 0 unspecified atom stereocenters. The molecule has 61 heavy (non-hydrogen) atoms. The normalized spacial score (nSPS) is 11.9. The van der Waals surface area contributed by atoms with Gasteiger partial charge in [0.15, 0.2) is 0 Å². The monoisotopic (exact) mass is 966 g/mol. The molecule has 0 bridgehead atoms. The maximum atomic E-state index is 4.99. The average Bonchev–Trinajstić information content (AvgIpc) is 4.03. The van der Waals surface area contributed by atoms with Gasteiger partial charge in [-0.25, -0.2) is 0 Å². The van der Waals surface area contributed by atoms with E-state index in [0.29, 0.717) is 11.8 Å². The van der Waals surface area contributed by atoms with Crippen LogP contribution in [0.4, 0.5) is 0 Å². The quantitative estimate of drug-likeness (QED) is 0.161. The zero-order valence-corrected chi connectivity index (χ0v) is 37.1. The molecular formula is C55H43IrN5-2. The molecule has 12 aromatic rings. The number of para-hydroxylation sites is 5. The number of benzene rings is 8. The predicted molar refractivity (Wildman–Crippen MR) is 251 cm³/mol. The van der Waals surface area contributed by atoms with Crippen molar-refractivity contribution >= 4 is 70.9 Å². The molecule has 5 nitrogen and oxygen atoms in total. The van der Waals surface area contributed by atoms with Crippen LogP contribution in [0.15, 0.2) is 158 Å². The molecule has 4 aromatic heterocycles. The molecule has 12 rings (SSSR count). The third kappa shape index (κ3) is 6.08. The van der Waals surface area contributed by atoms with Gasteiger partial charge in [0.2, 0.25) is 0 Å². The van der Waals surface area contributed by atoms with E-state index in [-0.39, 0.29) is 20.1 Å². The van der Waals surface area contributed by atoms with Crippen LogP contribution >= 0.6 is 0 Å². The maximum Gasteiger partial charge on any atom is 0.0777 e. The number of fused-ring (bicyclic) bond motifs is 10. The minimum Gasteiger partial charge on any atom is -0.366 e. The van der Waals surface area contributed by atoms with Crippen LogP contribution in [0.2, 0.25) is 0 Å². The van der Waals surface area contributed by atoms with Gasteiger partial charge in [-0.1, -0.05) is 100 Å². The summed E-state index contributed by atoms with van der Waals surface area (Å²) >= 11 is 0. The van der Waals surface area contributed by atoms with E-state index in [0.717, 1.165) is 44.8 Å². The molecule has 8 aromatic carbocycles. The average molecular weight is 966 g/mol. The van der Waals surface area contributed by atoms with Crippen molar-refractivity contribution in [2.24, 2.45) is 7.05 Å². The summed E-state index contributed by atoms with van der Waals surface area (Å²) in [6.07, 6.45) is 0. The summed E-state index contributed by atoms with van der Waals surface area (Å²) in [5.74, 6) is 2.74. The Kier molecular flexibility index (Phi) is 9.59. The van der Waals surface area contributed by atoms with Gasteiger partial charge < -0.3 is 13.5 Å². The molecule has 0 aliphatic rings. The minimum absolute atomic E-state index is 0. The number of hydrogen-bond acceptors (Lipinski definition) is 2. The van der Waals surface area contributed by atoms with Crippen LogP contribution < -0.4 is 0 Å². The topological polar surface area (TPSA) is 40.0 Å². The number of aryl methyl sites for hydroxylation is 1. The minimum atomic E-state index is 0. The third-order valence-corrected chi connectivity index (χ3v) is 12.2. The number of rotatable bonds is 5. The Hall–Kier alpha value is -6.59. The SMILES string of the molecule is CC(C)c1cccc(C(C)C)c1-n1c(-c2[c-]cccc2)nc2ccccc21.Cn1c(-c2[c-]cccc2)nc2ccc3cc4c5cccc6c7ccccc7n(c4cc3c21)c65.[Ir]. The van der Waals surface area contributed by atoms with Gasteiger partial charge in [0, 0.05) is 59.8 Å². The van der Waals surface area contributed by atoms with Crippen LogP contribution in [0.5, 0.6) is 0 Å². The Bertz CT molecular complexity index is 3530. The second-order valence-corrected chi connectivity index (χ2v) is 16.5. The summed E-state index contributed by atoms with van der Waals surface area (Å²) in [7, 11) is 2.11. The van der Waals surface area contributed by atoms with E-state index >= 15 is 0 Å². The van der Waals surface area contributed by atoms with Crippen molar-refractivity contribution in [3.63, 3.8) is 0 Å². The number of aromatic nitrogens is 5. The second kappa shape index (κ2) is 15.1. The van der Waals surface area contributed by atoms with Crippen molar-refractivity contribution in [2.45, 2.75) is 39.5 Å². The van der Waals surface area contributed by atoms with Gasteiger partial charge in [-0.05, 0) is 64.7 Å². The maximum absolute atomic E-state index is 4.99. The summed E-state index contributed by atoms with van der Waals surface area (Å²) in [6, 6.07) is 62.3. The molecule has 0 spiro atoms. The van der Waals surface area contributed by atoms with Gasteiger partial charge in [-0.3, -0.25) is 9.97 Å². The van der Waals surface area contributed by atoms with Gasteiger partial charge >= 0.3 is 0 Å². The van der Waals surface area contributed by atoms with Crippen molar-refractivity contribution in [1.29, 1.82) is 0 Å². The Morgan fingerprint density at radius 3 is 1.75 bits per heavy atom. The fourth-order valence-electron chi connectivity index (χ4n) is 9.47. The van der Waals surface area contributed by atoms with Crippen molar-refractivity contribution < 1.29 is 20.1 Å². The molecular weight excluding hydrogens is 923 g/mol. The smallest absolute Gasteiger partial charge is 0.0777 e. The molecule has 0 saturated heterocycles. The zero-order valence-electron chi connectivity index (χ0n) is 34.7. The fraction of sp³-hybridized carbons (Fsp3) is 0.127. The summed E-state index contributed by atoms with van der Waals surface area (Å²) in [5.41, 5.74) is 14.1. The Morgan fingerprint density at radius 2 is 1.07 bits per heavy atom. The Labute approximate surface area is 368 Å². The molecule has 0 atom stereocenters. The van der Waals surface area contributed by atoms with Gasteiger partial charge in [-0.2, -0.15) is 0 Å². The number of imidazole rings is 2. The molecule has 6 heteroatoms. The molecule has 0 aliphatic carbocycles.